The number of aromatic carboxylic acids is 1. The van der Waals surface area contributed by atoms with E-state index in [1.165, 1.54) is 32.1 Å². The van der Waals surface area contributed by atoms with Crippen LogP contribution in [0, 0.1) is 12.8 Å². The summed E-state index contributed by atoms with van der Waals surface area (Å²) >= 11 is 1.84. The number of hydrogen-bond acceptors (Lipinski definition) is 3. The molecule has 0 radical (unpaired) electrons. The zero-order valence-electron chi connectivity index (χ0n) is 19.8. The average Bonchev–Trinajstić information content (AvgIpc) is 2.79. The lowest BCUT2D eigenvalue weighted by Crippen LogP contribution is -2.18. The Kier molecular flexibility index (Phi) is 9.68. The van der Waals surface area contributed by atoms with Gasteiger partial charge in [-0.3, -0.25) is 0 Å². The van der Waals surface area contributed by atoms with Crippen molar-refractivity contribution in [2.24, 2.45) is 5.92 Å². The van der Waals surface area contributed by atoms with E-state index in [0.717, 1.165) is 53.2 Å². The van der Waals surface area contributed by atoms with Gasteiger partial charge in [-0.2, -0.15) is 0 Å². The van der Waals surface area contributed by atoms with Gasteiger partial charge in [0.15, 0.2) is 0 Å². The smallest absolute Gasteiger partial charge is 0.336 e. The predicted molar refractivity (Wildman–Crippen MR) is 135 cm³/mol. The molecular formula is C28H38O3S. The first kappa shape index (κ1) is 24.9. The van der Waals surface area contributed by atoms with Crippen molar-refractivity contribution in [3.63, 3.8) is 0 Å². The van der Waals surface area contributed by atoms with Gasteiger partial charge in [0.25, 0.3) is 0 Å². The maximum atomic E-state index is 12.0. The zero-order chi connectivity index (χ0) is 22.9. The standard InChI is InChI=1S/C28H38O3S/c1-4-5-17-32-28(31-21(3)18-22-12-7-6-8-13-22)23-15-16-25(27(29)30)26(19-23)24-14-10-9-11-20(24)2/h9-11,14-16,19,21-22,28H,4-8,12-13,17-18H2,1-3H3,(H,29,30)/t21?,28-/m0/s1. The Bertz CT molecular complexity index is 873. The lowest BCUT2D eigenvalue weighted by molar-refractivity contribution is 0.0269. The van der Waals surface area contributed by atoms with Crippen LogP contribution in [0.5, 0.6) is 0 Å². The minimum atomic E-state index is -0.892. The molecule has 0 heterocycles. The van der Waals surface area contributed by atoms with Crippen LogP contribution in [0.3, 0.4) is 0 Å². The molecule has 1 saturated carbocycles. The van der Waals surface area contributed by atoms with Crippen molar-refractivity contribution in [1.29, 1.82) is 0 Å². The number of thioether (sulfide) groups is 1. The topological polar surface area (TPSA) is 46.5 Å². The molecule has 1 N–H and O–H groups in total. The van der Waals surface area contributed by atoms with Crippen molar-refractivity contribution >= 4 is 17.7 Å². The molecule has 174 valence electrons. The molecule has 0 bridgehead atoms. The van der Waals surface area contributed by atoms with E-state index in [1.54, 1.807) is 6.07 Å². The van der Waals surface area contributed by atoms with Gasteiger partial charge in [-0.05, 0) is 72.7 Å². The van der Waals surface area contributed by atoms with E-state index in [0.29, 0.717) is 5.56 Å². The highest BCUT2D eigenvalue weighted by Crippen LogP contribution is 2.38. The van der Waals surface area contributed by atoms with Crippen LogP contribution < -0.4 is 0 Å². The fourth-order valence-electron chi connectivity index (χ4n) is 4.70. The first-order valence-corrected chi connectivity index (χ1v) is 13.2. The summed E-state index contributed by atoms with van der Waals surface area (Å²) in [6.07, 6.45) is 10.3. The summed E-state index contributed by atoms with van der Waals surface area (Å²) in [7, 11) is 0. The number of ether oxygens (including phenoxy) is 1. The second kappa shape index (κ2) is 12.5. The van der Waals surface area contributed by atoms with E-state index in [9.17, 15) is 9.90 Å². The third kappa shape index (κ3) is 6.86. The summed E-state index contributed by atoms with van der Waals surface area (Å²) in [5.41, 5.74) is 4.15. The fraction of sp³-hybridized carbons (Fsp3) is 0.536. The molecule has 3 nitrogen and oxygen atoms in total. The highest BCUT2D eigenvalue weighted by atomic mass is 32.2. The van der Waals surface area contributed by atoms with Crippen molar-refractivity contribution in [2.75, 3.05) is 5.75 Å². The second-order valence-electron chi connectivity index (χ2n) is 9.17. The molecule has 32 heavy (non-hydrogen) atoms. The molecule has 1 aliphatic rings. The first-order valence-electron chi connectivity index (χ1n) is 12.2. The zero-order valence-corrected chi connectivity index (χ0v) is 20.6. The van der Waals surface area contributed by atoms with Crippen LogP contribution in [-0.2, 0) is 4.74 Å². The van der Waals surface area contributed by atoms with Crippen LogP contribution in [-0.4, -0.2) is 22.9 Å². The number of unbranched alkanes of at least 4 members (excludes halogenated alkanes) is 1. The van der Waals surface area contributed by atoms with Crippen LogP contribution in [0.15, 0.2) is 42.5 Å². The summed E-state index contributed by atoms with van der Waals surface area (Å²) in [6.45, 7) is 6.44. The summed E-state index contributed by atoms with van der Waals surface area (Å²) in [6, 6.07) is 13.7. The van der Waals surface area contributed by atoms with Crippen molar-refractivity contribution in [1.82, 2.24) is 0 Å². The van der Waals surface area contributed by atoms with Gasteiger partial charge in [-0.25, -0.2) is 4.79 Å². The lowest BCUT2D eigenvalue weighted by atomic mass is 9.85. The van der Waals surface area contributed by atoms with Gasteiger partial charge in [-0.15, -0.1) is 11.8 Å². The number of hydrogen-bond donors (Lipinski definition) is 1. The van der Waals surface area contributed by atoms with E-state index in [1.807, 2.05) is 55.1 Å². The normalized spacial score (nSPS) is 16.6. The van der Waals surface area contributed by atoms with Gasteiger partial charge >= 0.3 is 5.97 Å². The molecule has 1 aliphatic carbocycles. The summed E-state index contributed by atoms with van der Waals surface area (Å²) < 4.78 is 6.62. The van der Waals surface area contributed by atoms with Crippen molar-refractivity contribution in [2.45, 2.75) is 83.7 Å². The predicted octanol–water partition coefficient (Wildman–Crippen LogP) is 8.27. The number of carboxylic acid groups (broad SMARTS) is 1. The maximum Gasteiger partial charge on any atom is 0.336 e. The molecule has 3 rings (SSSR count). The molecule has 0 aliphatic heterocycles. The lowest BCUT2D eigenvalue weighted by Gasteiger charge is -2.28. The number of carbonyl (C=O) groups is 1. The Balaban J connectivity index is 1.86. The van der Waals surface area contributed by atoms with Gasteiger partial charge in [0.05, 0.1) is 11.7 Å². The van der Waals surface area contributed by atoms with Crippen LogP contribution in [0.4, 0.5) is 0 Å². The van der Waals surface area contributed by atoms with Crippen LogP contribution in [0.1, 0.15) is 92.1 Å². The Labute approximate surface area is 198 Å². The quantitative estimate of drug-likeness (QED) is 0.274. The number of benzene rings is 2. The van der Waals surface area contributed by atoms with Gasteiger partial charge < -0.3 is 9.84 Å². The van der Waals surface area contributed by atoms with Gasteiger partial charge in [0.1, 0.15) is 5.44 Å². The van der Waals surface area contributed by atoms with Crippen LogP contribution in [0.2, 0.25) is 0 Å². The number of aryl methyl sites for hydroxylation is 1. The highest BCUT2D eigenvalue weighted by Gasteiger charge is 2.23. The fourth-order valence-corrected chi connectivity index (χ4v) is 5.98. The highest BCUT2D eigenvalue weighted by molar-refractivity contribution is 7.99. The Hall–Kier alpha value is -1.78. The monoisotopic (exact) mass is 454 g/mol. The van der Waals surface area contributed by atoms with Crippen molar-refractivity contribution in [3.8, 4) is 11.1 Å². The Morgan fingerprint density at radius 2 is 1.88 bits per heavy atom. The first-order chi connectivity index (χ1) is 15.5. The van der Waals surface area contributed by atoms with E-state index in [2.05, 4.69) is 13.8 Å². The minimum absolute atomic E-state index is 0.0780. The van der Waals surface area contributed by atoms with E-state index in [4.69, 9.17) is 4.74 Å². The number of carboxylic acids is 1. The van der Waals surface area contributed by atoms with E-state index >= 15 is 0 Å². The van der Waals surface area contributed by atoms with Crippen LogP contribution >= 0.6 is 11.8 Å². The third-order valence-electron chi connectivity index (χ3n) is 6.49. The second-order valence-corrected chi connectivity index (χ2v) is 10.3. The summed E-state index contributed by atoms with van der Waals surface area (Å²) in [4.78, 5) is 12.0. The van der Waals surface area contributed by atoms with E-state index < -0.39 is 5.97 Å². The maximum absolute atomic E-state index is 12.0. The molecule has 0 amide bonds. The van der Waals surface area contributed by atoms with Crippen molar-refractivity contribution in [3.05, 3.63) is 59.2 Å². The molecule has 2 aromatic carbocycles. The number of rotatable bonds is 11. The molecule has 1 fully saturated rings. The molecule has 1 unspecified atom stereocenters. The SMILES string of the molecule is CCCCS[C@H](OC(C)CC1CCCCC1)c1ccc(C(=O)O)c(-c2ccccc2C)c1. The van der Waals surface area contributed by atoms with Gasteiger partial charge in [-0.1, -0.05) is 75.8 Å². The largest absolute Gasteiger partial charge is 0.478 e. The van der Waals surface area contributed by atoms with E-state index in [-0.39, 0.29) is 11.5 Å². The van der Waals surface area contributed by atoms with Crippen molar-refractivity contribution < 1.29 is 14.6 Å². The molecule has 0 saturated heterocycles. The molecule has 4 heteroatoms. The average molecular weight is 455 g/mol. The Morgan fingerprint density at radius 1 is 1.12 bits per heavy atom. The van der Waals surface area contributed by atoms with Gasteiger partial charge in [0.2, 0.25) is 0 Å². The van der Waals surface area contributed by atoms with Crippen LogP contribution in [0.25, 0.3) is 11.1 Å². The summed E-state index contributed by atoms with van der Waals surface area (Å²) in [5.74, 6) is 0.922. The van der Waals surface area contributed by atoms with Gasteiger partial charge in [0, 0.05) is 0 Å². The summed E-state index contributed by atoms with van der Waals surface area (Å²) in [5, 5.41) is 9.81. The minimum Gasteiger partial charge on any atom is -0.478 e. The molecular weight excluding hydrogens is 416 g/mol. The molecule has 2 aromatic rings. The molecule has 0 aromatic heterocycles. The third-order valence-corrected chi connectivity index (χ3v) is 7.70. The molecule has 2 atom stereocenters. The molecule has 0 spiro atoms. The Morgan fingerprint density at radius 3 is 2.56 bits per heavy atom.